The summed E-state index contributed by atoms with van der Waals surface area (Å²) in [4.78, 5) is 14.4. The minimum absolute atomic E-state index is 0.0981. The van der Waals surface area contributed by atoms with Crippen molar-refractivity contribution in [2.75, 3.05) is 19.8 Å². The normalized spacial score (nSPS) is 10.2. The van der Waals surface area contributed by atoms with E-state index in [9.17, 15) is 9.18 Å². The molecule has 1 aromatic rings. The van der Waals surface area contributed by atoms with Gasteiger partial charge in [0.25, 0.3) is 0 Å². The van der Waals surface area contributed by atoms with Crippen LogP contribution in [0.3, 0.4) is 0 Å². The van der Waals surface area contributed by atoms with E-state index in [4.69, 9.17) is 14.6 Å². The molecule has 17 heavy (non-hydrogen) atoms. The second-order valence-corrected chi connectivity index (χ2v) is 3.27. The molecule has 0 aliphatic rings. The predicted octanol–water partition coefficient (Wildman–Crippen LogP) is 1.72. The van der Waals surface area contributed by atoms with E-state index in [0.717, 1.165) is 18.7 Å². The van der Waals surface area contributed by atoms with E-state index < -0.39 is 11.8 Å². The van der Waals surface area contributed by atoms with Crippen molar-refractivity contribution in [3.05, 3.63) is 23.6 Å². The molecule has 1 rings (SSSR count). The van der Waals surface area contributed by atoms with Crippen LogP contribution in [0.5, 0.6) is 5.88 Å². The maximum atomic E-state index is 12.8. The lowest BCUT2D eigenvalue weighted by Gasteiger charge is -2.08. The Morgan fingerprint density at radius 1 is 1.47 bits per heavy atom. The molecule has 1 N–H and O–H groups in total. The molecule has 1 heterocycles. The quantitative estimate of drug-likeness (QED) is 0.738. The predicted molar refractivity (Wildman–Crippen MR) is 57.8 cm³/mol. The zero-order chi connectivity index (χ0) is 12.7. The number of pyridine rings is 1. The van der Waals surface area contributed by atoms with Crippen LogP contribution in [0.1, 0.15) is 23.7 Å². The highest BCUT2D eigenvalue weighted by atomic mass is 19.1. The third kappa shape index (κ3) is 4.36. The van der Waals surface area contributed by atoms with Gasteiger partial charge >= 0.3 is 5.97 Å². The monoisotopic (exact) mass is 243 g/mol. The van der Waals surface area contributed by atoms with Gasteiger partial charge < -0.3 is 14.6 Å². The van der Waals surface area contributed by atoms with Crippen molar-refractivity contribution in [2.24, 2.45) is 0 Å². The van der Waals surface area contributed by atoms with E-state index in [-0.39, 0.29) is 18.1 Å². The zero-order valence-corrected chi connectivity index (χ0v) is 9.48. The Morgan fingerprint density at radius 2 is 2.24 bits per heavy atom. The van der Waals surface area contributed by atoms with Crippen molar-refractivity contribution in [3.63, 3.8) is 0 Å². The van der Waals surface area contributed by atoms with Crippen molar-refractivity contribution in [1.29, 1.82) is 0 Å². The van der Waals surface area contributed by atoms with Gasteiger partial charge in [-0.05, 0) is 12.5 Å². The van der Waals surface area contributed by atoms with Gasteiger partial charge in [0, 0.05) is 6.61 Å². The second-order valence-electron chi connectivity index (χ2n) is 3.27. The molecular formula is C11H14FNO4. The zero-order valence-electron chi connectivity index (χ0n) is 9.48. The Kier molecular flexibility index (Phi) is 5.35. The van der Waals surface area contributed by atoms with Gasteiger partial charge in [-0.15, -0.1) is 0 Å². The first-order chi connectivity index (χ1) is 8.15. The molecule has 94 valence electrons. The van der Waals surface area contributed by atoms with E-state index >= 15 is 0 Å². The van der Waals surface area contributed by atoms with Gasteiger partial charge in [-0.2, -0.15) is 0 Å². The van der Waals surface area contributed by atoms with Crippen LogP contribution in [-0.4, -0.2) is 35.9 Å². The summed E-state index contributed by atoms with van der Waals surface area (Å²) in [5.41, 5.74) is -0.291. The van der Waals surface area contributed by atoms with Crippen LogP contribution in [0.2, 0.25) is 0 Å². The van der Waals surface area contributed by atoms with Gasteiger partial charge in [-0.1, -0.05) is 6.92 Å². The molecule has 0 aliphatic heterocycles. The number of carboxylic acids is 1. The highest BCUT2D eigenvalue weighted by Crippen LogP contribution is 2.15. The number of ether oxygens (including phenoxy) is 2. The highest BCUT2D eigenvalue weighted by molar-refractivity contribution is 5.90. The van der Waals surface area contributed by atoms with Crippen LogP contribution in [0.4, 0.5) is 4.39 Å². The fraction of sp³-hybridized carbons (Fsp3) is 0.455. The van der Waals surface area contributed by atoms with Gasteiger partial charge in [-0.25, -0.2) is 14.2 Å². The summed E-state index contributed by atoms with van der Waals surface area (Å²) < 4.78 is 23.1. The topological polar surface area (TPSA) is 68.7 Å². The molecule has 1 aromatic heterocycles. The van der Waals surface area contributed by atoms with Gasteiger partial charge in [0.05, 0.1) is 12.8 Å². The molecular weight excluding hydrogens is 229 g/mol. The molecule has 0 spiro atoms. The SMILES string of the molecule is CCCOCCOc1ncc(F)cc1C(=O)O. The van der Waals surface area contributed by atoms with Crippen molar-refractivity contribution in [3.8, 4) is 5.88 Å². The Balaban J connectivity index is 2.55. The average Bonchev–Trinajstić information content (AvgIpc) is 2.30. The minimum Gasteiger partial charge on any atom is -0.477 e. The van der Waals surface area contributed by atoms with Crippen molar-refractivity contribution in [2.45, 2.75) is 13.3 Å². The summed E-state index contributed by atoms with van der Waals surface area (Å²) in [7, 11) is 0. The second kappa shape index (κ2) is 6.80. The molecule has 0 amide bonds. The summed E-state index contributed by atoms with van der Waals surface area (Å²) in [5, 5.41) is 8.81. The summed E-state index contributed by atoms with van der Waals surface area (Å²) in [6, 6.07) is 0.873. The third-order valence-electron chi connectivity index (χ3n) is 1.86. The van der Waals surface area contributed by atoms with Gasteiger partial charge in [0.2, 0.25) is 5.88 Å². The van der Waals surface area contributed by atoms with Gasteiger partial charge in [0.1, 0.15) is 18.0 Å². The van der Waals surface area contributed by atoms with E-state index in [1.54, 1.807) is 0 Å². The number of hydrogen-bond acceptors (Lipinski definition) is 4. The summed E-state index contributed by atoms with van der Waals surface area (Å²) in [5.74, 6) is -2.09. The highest BCUT2D eigenvalue weighted by Gasteiger charge is 2.13. The number of hydrogen-bond donors (Lipinski definition) is 1. The van der Waals surface area contributed by atoms with E-state index in [0.29, 0.717) is 13.2 Å². The first-order valence-electron chi connectivity index (χ1n) is 5.24. The smallest absolute Gasteiger partial charge is 0.341 e. The van der Waals surface area contributed by atoms with Crippen LogP contribution in [0.15, 0.2) is 12.3 Å². The van der Waals surface area contributed by atoms with Crippen LogP contribution in [0.25, 0.3) is 0 Å². The molecule has 0 radical (unpaired) electrons. The number of halogens is 1. The van der Waals surface area contributed by atoms with Crippen molar-refractivity contribution in [1.82, 2.24) is 4.98 Å². The number of aromatic carboxylic acids is 1. The molecule has 0 fully saturated rings. The molecule has 0 aromatic carbocycles. The number of aromatic nitrogens is 1. The summed E-state index contributed by atoms with van der Waals surface area (Å²) in [6.45, 7) is 3.11. The maximum absolute atomic E-state index is 12.8. The molecule has 0 bridgehead atoms. The number of rotatable bonds is 7. The Hall–Kier alpha value is -1.69. The fourth-order valence-corrected chi connectivity index (χ4v) is 1.14. The molecule has 0 aliphatic carbocycles. The lowest BCUT2D eigenvalue weighted by atomic mass is 10.3. The average molecular weight is 243 g/mol. The van der Waals surface area contributed by atoms with Crippen LogP contribution in [0, 0.1) is 5.82 Å². The number of carboxylic acid groups (broad SMARTS) is 1. The van der Waals surface area contributed by atoms with E-state index in [1.807, 2.05) is 6.92 Å². The van der Waals surface area contributed by atoms with Crippen LogP contribution < -0.4 is 4.74 Å². The van der Waals surface area contributed by atoms with Crippen LogP contribution in [-0.2, 0) is 4.74 Å². The minimum atomic E-state index is -1.28. The Morgan fingerprint density at radius 3 is 2.88 bits per heavy atom. The molecule has 0 saturated carbocycles. The van der Waals surface area contributed by atoms with Crippen LogP contribution >= 0.6 is 0 Å². The molecule has 5 nitrogen and oxygen atoms in total. The maximum Gasteiger partial charge on any atom is 0.341 e. The summed E-state index contributed by atoms with van der Waals surface area (Å²) in [6.07, 6.45) is 1.81. The largest absolute Gasteiger partial charge is 0.477 e. The van der Waals surface area contributed by atoms with E-state index in [1.165, 1.54) is 0 Å². The van der Waals surface area contributed by atoms with Crippen molar-refractivity contribution >= 4 is 5.97 Å². The first-order valence-corrected chi connectivity index (χ1v) is 5.24. The molecule has 0 saturated heterocycles. The first kappa shape index (κ1) is 13.4. The Bertz CT molecular complexity index is 384. The van der Waals surface area contributed by atoms with Crippen molar-refractivity contribution < 1.29 is 23.8 Å². The number of carbonyl (C=O) groups is 1. The van der Waals surface area contributed by atoms with E-state index in [2.05, 4.69) is 4.98 Å². The van der Waals surface area contributed by atoms with Gasteiger partial charge in [-0.3, -0.25) is 0 Å². The van der Waals surface area contributed by atoms with Gasteiger partial charge in [0.15, 0.2) is 0 Å². The summed E-state index contributed by atoms with van der Waals surface area (Å²) >= 11 is 0. The molecule has 6 heteroatoms. The molecule has 0 atom stereocenters. The lowest BCUT2D eigenvalue weighted by molar-refractivity contribution is 0.0682. The Labute approximate surface area is 98.2 Å². The standard InChI is InChI=1S/C11H14FNO4/c1-2-3-16-4-5-17-10-9(11(14)15)6-8(12)7-13-10/h6-7H,2-5H2,1H3,(H,14,15). The fourth-order valence-electron chi connectivity index (χ4n) is 1.14. The lowest BCUT2D eigenvalue weighted by Crippen LogP contribution is -2.11. The number of nitrogens with zero attached hydrogens (tertiary/aromatic N) is 1. The molecule has 0 unspecified atom stereocenters. The third-order valence-corrected chi connectivity index (χ3v) is 1.86.